The van der Waals surface area contributed by atoms with Gasteiger partial charge in [-0.3, -0.25) is 9.48 Å². The van der Waals surface area contributed by atoms with Crippen molar-refractivity contribution in [2.75, 3.05) is 18.9 Å². The Hall–Kier alpha value is -2.50. The van der Waals surface area contributed by atoms with Crippen molar-refractivity contribution < 1.29 is 9.53 Å². The Morgan fingerprint density at radius 2 is 2.14 bits per heavy atom. The summed E-state index contributed by atoms with van der Waals surface area (Å²) < 4.78 is 7.22. The number of hydrogen-bond acceptors (Lipinski definition) is 4. The number of nitrogens with zero attached hydrogens (tertiary/aromatic N) is 2. The first-order valence-corrected chi connectivity index (χ1v) is 6.86. The van der Waals surface area contributed by atoms with Crippen LogP contribution in [0.3, 0.4) is 0 Å². The van der Waals surface area contributed by atoms with E-state index < -0.39 is 0 Å². The molecule has 21 heavy (non-hydrogen) atoms. The van der Waals surface area contributed by atoms with Crippen molar-refractivity contribution >= 4 is 11.6 Å². The summed E-state index contributed by atoms with van der Waals surface area (Å²) in [5.41, 5.74) is 7.38. The zero-order valence-corrected chi connectivity index (χ0v) is 12.1. The minimum absolute atomic E-state index is 0.0191. The lowest BCUT2D eigenvalue weighted by Crippen LogP contribution is -2.26. The van der Waals surface area contributed by atoms with E-state index in [9.17, 15) is 4.79 Å². The highest BCUT2D eigenvalue weighted by atomic mass is 16.5. The molecule has 0 aliphatic rings. The molecule has 0 radical (unpaired) electrons. The molecule has 112 valence electrons. The van der Waals surface area contributed by atoms with Gasteiger partial charge in [0.15, 0.2) is 0 Å². The number of benzene rings is 1. The van der Waals surface area contributed by atoms with Crippen molar-refractivity contribution in [3.63, 3.8) is 0 Å². The molecule has 2 aromatic rings. The lowest BCUT2D eigenvalue weighted by molar-refractivity contribution is -0.121. The Morgan fingerprint density at radius 3 is 2.81 bits per heavy atom. The molecule has 0 saturated carbocycles. The van der Waals surface area contributed by atoms with Crippen LogP contribution in [0.25, 0.3) is 0 Å². The fraction of sp³-hybridized carbons (Fsp3) is 0.333. The van der Waals surface area contributed by atoms with Crippen LogP contribution in [0.5, 0.6) is 5.75 Å². The second kappa shape index (κ2) is 7.33. The molecule has 0 aliphatic heterocycles. The number of aryl methyl sites for hydroxylation is 1. The summed E-state index contributed by atoms with van der Waals surface area (Å²) in [6.07, 6.45) is 4.85. The first-order valence-electron chi connectivity index (χ1n) is 6.86. The lowest BCUT2D eigenvalue weighted by atomic mass is 10.2. The van der Waals surface area contributed by atoms with Crippen LogP contribution < -0.4 is 15.8 Å². The zero-order valence-electron chi connectivity index (χ0n) is 12.1. The van der Waals surface area contributed by atoms with Gasteiger partial charge < -0.3 is 15.8 Å². The highest BCUT2D eigenvalue weighted by Gasteiger charge is 2.02. The maximum atomic E-state index is 11.7. The number of hydrogen-bond donors (Lipinski definition) is 2. The highest BCUT2D eigenvalue weighted by Crippen LogP contribution is 2.13. The number of rotatable bonds is 7. The van der Waals surface area contributed by atoms with Crippen molar-refractivity contribution in [2.24, 2.45) is 7.05 Å². The third-order valence-electron chi connectivity index (χ3n) is 2.97. The first kappa shape index (κ1) is 14.9. The van der Waals surface area contributed by atoms with E-state index in [0.29, 0.717) is 31.0 Å². The van der Waals surface area contributed by atoms with Crippen molar-refractivity contribution in [2.45, 2.75) is 12.8 Å². The SMILES string of the molecule is Cn1cc(CCNC(=O)CCOc2ccc(N)cc2)cn1. The van der Waals surface area contributed by atoms with Gasteiger partial charge in [0.2, 0.25) is 5.91 Å². The van der Waals surface area contributed by atoms with Gasteiger partial charge in [0, 0.05) is 25.5 Å². The summed E-state index contributed by atoms with van der Waals surface area (Å²) in [6.45, 7) is 0.953. The number of anilines is 1. The Kier molecular flexibility index (Phi) is 5.20. The minimum Gasteiger partial charge on any atom is -0.493 e. The molecule has 1 aromatic carbocycles. The molecule has 1 aromatic heterocycles. The minimum atomic E-state index is -0.0191. The zero-order chi connectivity index (χ0) is 15.1. The molecule has 0 spiro atoms. The topological polar surface area (TPSA) is 82.2 Å². The monoisotopic (exact) mass is 288 g/mol. The van der Waals surface area contributed by atoms with Crippen LogP contribution >= 0.6 is 0 Å². The summed E-state index contributed by atoms with van der Waals surface area (Å²) in [6, 6.07) is 7.11. The second-order valence-electron chi connectivity index (χ2n) is 4.79. The summed E-state index contributed by atoms with van der Waals surface area (Å²) >= 11 is 0. The smallest absolute Gasteiger partial charge is 0.223 e. The van der Waals surface area contributed by atoms with Crippen LogP contribution in [-0.2, 0) is 18.3 Å². The molecule has 0 aliphatic carbocycles. The first-order chi connectivity index (χ1) is 10.1. The molecule has 3 N–H and O–H groups in total. The fourth-order valence-electron chi connectivity index (χ4n) is 1.86. The average Bonchev–Trinajstić information content (AvgIpc) is 2.87. The van der Waals surface area contributed by atoms with Gasteiger partial charge in [0.05, 0.1) is 19.2 Å². The molecule has 2 rings (SSSR count). The largest absolute Gasteiger partial charge is 0.493 e. The van der Waals surface area contributed by atoms with Gasteiger partial charge in [-0.2, -0.15) is 5.10 Å². The molecular weight excluding hydrogens is 268 g/mol. The molecule has 0 bridgehead atoms. The van der Waals surface area contributed by atoms with Gasteiger partial charge in [0.1, 0.15) is 5.75 Å². The van der Waals surface area contributed by atoms with E-state index in [2.05, 4.69) is 10.4 Å². The van der Waals surface area contributed by atoms with Gasteiger partial charge in [-0.05, 0) is 36.2 Å². The number of nitrogen functional groups attached to an aromatic ring is 1. The number of amides is 1. The molecule has 1 amide bonds. The summed E-state index contributed by atoms with van der Waals surface area (Å²) in [4.78, 5) is 11.7. The number of nitrogens with two attached hydrogens (primary N) is 1. The van der Waals surface area contributed by atoms with Crippen LogP contribution in [0.2, 0.25) is 0 Å². The maximum Gasteiger partial charge on any atom is 0.223 e. The molecular formula is C15H20N4O2. The van der Waals surface area contributed by atoms with Crippen LogP contribution in [-0.4, -0.2) is 28.8 Å². The molecule has 0 unspecified atom stereocenters. The van der Waals surface area contributed by atoms with Crippen LogP contribution in [0.1, 0.15) is 12.0 Å². The van der Waals surface area contributed by atoms with Gasteiger partial charge in [0.25, 0.3) is 0 Å². The van der Waals surface area contributed by atoms with Crippen LogP contribution in [0.15, 0.2) is 36.7 Å². The Bertz CT molecular complexity index is 578. The predicted octanol–water partition coefficient (Wildman–Crippen LogP) is 1.13. The van der Waals surface area contributed by atoms with E-state index in [1.807, 2.05) is 13.2 Å². The number of carbonyl (C=O) groups is 1. The summed E-state index contributed by atoms with van der Waals surface area (Å²) in [5, 5.41) is 6.94. The Labute approximate surface area is 123 Å². The standard InChI is InChI=1S/C15H20N4O2/c1-19-11-12(10-18-19)6-8-17-15(20)7-9-21-14-4-2-13(16)3-5-14/h2-5,10-11H,6-9,16H2,1H3,(H,17,20). The number of nitrogens with one attached hydrogen (secondary N) is 1. The van der Waals surface area contributed by atoms with Crippen molar-refractivity contribution in [1.29, 1.82) is 0 Å². The van der Waals surface area contributed by atoms with Crippen molar-refractivity contribution in [1.82, 2.24) is 15.1 Å². The van der Waals surface area contributed by atoms with Gasteiger partial charge in [-0.25, -0.2) is 0 Å². The van der Waals surface area contributed by atoms with E-state index in [0.717, 1.165) is 12.0 Å². The van der Waals surface area contributed by atoms with E-state index in [-0.39, 0.29) is 5.91 Å². The number of aromatic nitrogens is 2. The van der Waals surface area contributed by atoms with Gasteiger partial charge >= 0.3 is 0 Å². The molecule has 0 fully saturated rings. The Balaban J connectivity index is 1.60. The highest BCUT2D eigenvalue weighted by molar-refractivity contribution is 5.75. The van der Waals surface area contributed by atoms with Crippen molar-refractivity contribution in [3.8, 4) is 5.75 Å². The third kappa shape index (κ3) is 5.18. The summed E-state index contributed by atoms with van der Waals surface area (Å²) in [7, 11) is 1.87. The van der Waals surface area contributed by atoms with Crippen LogP contribution in [0, 0.1) is 0 Å². The average molecular weight is 288 g/mol. The maximum absolute atomic E-state index is 11.7. The number of ether oxygens (including phenoxy) is 1. The lowest BCUT2D eigenvalue weighted by Gasteiger charge is -2.07. The normalized spacial score (nSPS) is 10.3. The van der Waals surface area contributed by atoms with Crippen LogP contribution in [0.4, 0.5) is 5.69 Å². The van der Waals surface area contributed by atoms with E-state index in [4.69, 9.17) is 10.5 Å². The van der Waals surface area contributed by atoms with Gasteiger partial charge in [-0.1, -0.05) is 0 Å². The summed E-state index contributed by atoms with van der Waals surface area (Å²) in [5.74, 6) is 0.696. The Morgan fingerprint density at radius 1 is 1.38 bits per heavy atom. The van der Waals surface area contributed by atoms with Crippen molar-refractivity contribution in [3.05, 3.63) is 42.2 Å². The van der Waals surface area contributed by atoms with E-state index in [1.54, 1.807) is 35.1 Å². The molecule has 6 heteroatoms. The molecule has 6 nitrogen and oxygen atoms in total. The third-order valence-corrected chi connectivity index (χ3v) is 2.97. The molecule has 1 heterocycles. The van der Waals surface area contributed by atoms with Gasteiger partial charge in [-0.15, -0.1) is 0 Å². The second-order valence-corrected chi connectivity index (χ2v) is 4.79. The van der Waals surface area contributed by atoms with E-state index in [1.165, 1.54) is 0 Å². The number of carbonyl (C=O) groups excluding carboxylic acids is 1. The predicted molar refractivity (Wildman–Crippen MR) is 80.9 cm³/mol. The molecule has 0 atom stereocenters. The van der Waals surface area contributed by atoms with E-state index >= 15 is 0 Å². The molecule has 0 saturated heterocycles. The fourth-order valence-corrected chi connectivity index (χ4v) is 1.86. The quantitative estimate of drug-likeness (QED) is 0.748.